The first-order chi connectivity index (χ1) is 16.6. The molecule has 1 N–H and O–H groups in total. The van der Waals surface area contributed by atoms with E-state index in [4.69, 9.17) is 4.42 Å². The third kappa shape index (κ3) is 4.53. The van der Waals surface area contributed by atoms with E-state index in [2.05, 4.69) is 33.9 Å². The van der Waals surface area contributed by atoms with Gasteiger partial charge in [0, 0.05) is 18.2 Å². The number of furan rings is 1. The third-order valence-electron chi connectivity index (χ3n) is 6.63. The molecule has 2 aromatic carbocycles. The van der Waals surface area contributed by atoms with E-state index in [9.17, 15) is 9.18 Å². The summed E-state index contributed by atoms with van der Waals surface area (Å²) in [6.45, 7) is 2.60. The Morgan fingerprint density at radius 1 is 1.09 bits per heavy atom. The average Bonchev–Trinajstić information content (AvgIpc) is 3.63. The molecule has 34 heavy (non-hydrogen) atoms. The van der Waals surface area contributed by atoms with Gasteiger partial charge in [0.25, 0.3) is 5.91 Å². The van der Waals surface area contributed by atoms with Crippen LogP contribution in [-0.2, 0) is 0 Å². The second kappa shape index (κ2) is 9.67. The van der Waals surface area contributed by atoms with Gasteiger partial charge in [0.15, 0.2) is 11.5 Å². The average molecular weight is 458 g/mol. The highest BCUT2D eigenvalue weighted by molar-refractivity contribution is 5.92. The Balaban J connectivity index is 1.40. The fourth-order valence-corrected chi connectivity index (χ4v) is 4.70. The molecule has 0 saturated heterocycles. The first-order valence-corrected chi connectivity index (χ1v) is 11.9. The van der Waals surface area contributed by atoms with Crippen LogP contribution in [-0.4, -0.2) is 22.0 Å². The van der Waals surface area contributed by atoms with E-state index in [-0.39, 0.29) is 23.4 Å². The molecule has 1 saturated carbocycles. The molecule has 0 radical (unpaired) electrons. The van der Waals surface area contributed by atoms with Gasteiger partial charge in [-0.1, -0.05) is 50.1 Å². The van der Waals surface area contributed by atoms with Crippen LogP contribution in [0.25, 0.3) is 22.7 Å². The molecule has 1 aliphatic carbocycles. The van der Waals surface area contributed by atoms with Gasteiger partial charge in [-0.2, -0.15) is 0 Å². The highest BCUT2D eigenvalue weighted by Crippen LogP contribution is 2.39. The molecule has 2 aromatic heterocycles. The molecular formula is C28H28FN3O2. The number of nitrogens with zero attached hydrogens (tertiary/aromatic N) is 2. The lowest BCUT2D eigenvalue weighted by molar-refractivity contribution is 0.0924. The summed E-state index contributed by atoms with van der Waals surface area (Å²) in [4.78, 5) is 17.5. The number of carbonyl (C=O) groups is 1. The van der Waals surface area contributed by atoms with Crippen molar-refractivity contribution in [3.63, 3.8) is 0 Å². The van der Waals surface area contributed by atoms with E-state index in [0.29, 0.717) is 18.3 Å². The van der Waals surface area contributed by atoms with Crippen LogP contribution >= 0.6 is 0 Å². The number of imidazole rings is 1. The van der Waals surface area contributed by atoms with Crippen molar-refractivity contribution in [2.24, 2.45) is 0 Å². The molecule has 174 valence electrons. The first-order valence-electron chi connectivity index (χ1n) is 11.9. The van der Waals surface area contributed by atoms with Crippen molar-refractivity contribution in [2.75, 3.05) is 6.54 Å². The maximum Gasteiger partial charge on any atom is 0.287 e. The van der Waals surface area contributed by atoms with E-state index < -0.39 is 0 Å². The number of aromatic nitrogens is 2. The van der Waals surface area contributed by atoms with Gasteiger partial charge in [-0.25, -0.2) is 9.37 Å². The van der Waals surface area contributed by atoms with E-state index in [1.54, 1.807) is 18.2 Å². The lowest BCUT2D eigenvalue weighted by atomic mass is 10.0. The summed E-state index contributed by atoms with van der Waals surface area (Å²) in [7, 11) is 0. The van der Waals surface area contributed by atoms with Crippen molar-refractivity contribution in [1.82, 2.24) is 14.9 Å². The fourth-order valence-electron chi connectivity index (χ4n) is 4.70. The van der Waals surface area contributed by atoms with Crippen LogP contribution in [0.15, 0.2) is 77.5 Å². The molecule has 4 aromatic rings. The second-order valence-electron chi connectivity index (χ2n) is 8.98. The summed E-state index contributed by atoms with van der Waals surface area (Å²) in [6.07, 6.45) is 6.36. The Bertz CT molecular complexity index is 1250. The van der Waals surface area contributed by atoms with Gasteiger partial charge in [-0.3, -0.25) is 4.79 Å². The topological polar surface area (TPSA) is 60.1 Å². The van der Waals surface area contributed by atoms with Crippen LogP contribution in [0.5, 0.6) is 0 Å². The maximum absolute atomic E-state index is 13.5. The number of halogens is 1. The van der Waals surface area contributed by atoms with Crippen molar-refractivity contribution in [3.8, 4) is 22.7 Å². The molecular weight excluding hydrogens is 429 g/mol. The summed E-state index contributed by atoms with van der Waals surface area (Å²) in [5.41, 5.74) is 3.54. The molecule has 6 heteroatoms. The van der Waals surface area contributed by atoms with E-state index in [0.717, 1.165) is 29.8 Å². The Labute approximate surface area is 198 Å². The normalized spacial score (nSPS) is 14.9. The van der Waals surface area contributed by atoms with Gasteiger partial charge in [-0.15, -0.1) is 0 Å². The van der Waals surface area contributed by atoms with Gasteiger partial charge in [0.1, 0.15) is 11.5 Å². The fraction of sp³-hybridized carbons (Fsp3) is 0.286. The number of nitrogens with one attached hydrogen (secondary N) is 1. The van der Waals surface area contributed by atoms with Gasteiger partial charge < -0.3 is 14.3 Å². The molecule has 1 atom stereocenters. The molecule has 2 heterocycles. The van der Waals surface area contributed by atoms with Crippen molar-refractivity contribution in [2.45, 2.75) is 44.6 Å². The van der Waals surface area contributed by atoms with Crippen LogP contribution in [0.3, 0.4) is 0 Å². The van der Waals surface area contributed by atoms with Crippen LogP contribution in [0.4, 0.5) is 4.39 Å². The Morgan fingerprint density at radius 3 is 2.56 bits per heavy atom. The molecule has 5 nitrogen and oxygen atoms in total. The van der Waals surface area contributed by atoms with E-state index in [1.165, 1.54) is 30.5 Å². The standard InChI is InChI=1S/C28H28FN3O2/c1-19(20-7-3-2-4-8-20)17-30-28(33)25-16-15-24(34-25)27-26(21-11-13-22(29)14-12-21)31-18-32(27)23-9-5-6-10-23/h2-4,7-8,11-16,18-19,23H,5-6,9-10,17H2,1H3,(H,30,33)/t19-/m0/s1. The number of rotatable bonds is 7. The lowest BCUT2D eigenvalue weighted by Crippen LogP contribution is -2.27. The molecule has 1 amide bonds. The zero-order valence-corrected chi connectivity index (χ0v) is 19.2. The first kappa shape index (κ1) is 22.1. The Kier molecular flexibility index (Phi) is 6.30. The summed E-state index contributed by atoms with van der Waals surface area (Å²) in [6, 6.07) is 20.3. The van der Waals surface area contributed by atoms with Gasteiger partial charge in [0.05, 0.1) is 12.0 Å². The van der Waals surface area contributed by atoms with Crippen LogP contribution < -0.4 is 5.32 Å². The minimum atomic E-state index is -0.290. The highest BCUT2D eigenvalue weighted by Gasteiger charge is 2.26. The van der Waals surface area contributed by atoms with Crippen LogP contribution in [0.1, 0.15) is 60.7 Å². The monoisotopic (exact) mass is 457 g/mol. The summed E-state index contributed by atoms with van der Waals surface area (Å²) >= 11 is 0. The lowest BCUT2D eigenvalue weighted by Gasteiger charge is -2.15. The molecule has 0 bridgehead atoms. The maximum atomic E-state index is 13.5. The zero-order chi connectivity index (χ0) is 23.5. The van der Waals surface area contributed by atoms with E-state index >= 15 is 0 Å². The third-order valence-corrected chi connectivity index (χ3v) is 6.63. The molecule has 5 rings (SSSR count). The molecule has 0 unspecified atom stereocenters. The van der Waals surface area contributed by atoms with Gasteiger partial charge >= 0.3 is 0 Å². The summed E-state index contributed by atoms with van der Waals surface area (Å²) in [5, 5.41) is 2.98. The predicted molar refractivity (Wildman–Crippen MR) is 130 cm³/mol. The van der Waals surface area contributed by atoms with Gasteiger partial charge in [0.2, 0.25) is 0 Å². The van der Waals surface area contributed by atoms with Crippen molar-refractivity contribution in [1.29, 1.82) is 0 Å². The smallest absolute Gasteiger partial charge is 0.287 e. The van der Waals surface area contributed by atoms with Gasteiger partial charge in [-0.05, 0) is 60.7 Å². The van der Waals surface area contributed by atoms with Crippen LogP contribution in [0, 0.1) is 5.82 Å². The second-order valence-corrected chi connectivity index (χ2v) is 8.98. The number of hydrogen-bond donors (Lipinski definition) is 1. The molecule has 0 aliphatic heterocycles. The number of amides is 1. The minimum Gasteiger partial charge on any atom is -0.449 e. The van der Waals surface area contributed by atoms with Crippen LogP contribution in [0.2, 0.25) is 0 Å². The SMILES string of the molecule is C[C@@H](CNC(=O)c1ccc(-c2c(-c3ccc(F)cc3)ncn2C2CCCC2)o1)c1ccccc1. The van der Waals surface area contributed by atoms with E-state index in [1.807, 2.05) is 30.6 Å². The highest BCUT2D eigenvalue weighted by atomic mass is 19.1. The predicted octanol–water partition coefficient (Wildman–Crippen LogP) is 6.60. The molecule has 0 spiro atoms. The quantitative estimate of drug-likeness (QED) is 0.340. The minimum absolute atomic E-state index is 0.188. The Morgan fingerprint density at radius 2 is 1.82 bits per heavy atom. The largest absolute Gasteiger partial charge is 0.449 e. The summed E-state index contributed by atoms with van der Waals surface area (Å²) in [5.74, 6) is 0.504. The van der Waals surface area contributed by atoms with Crippen molar-refractivity contribution >= 4 is 5.91 Å². The molecule has 1 aliphatic rings. The van der Waals surface area contributed by atoms with Crippen molar-refractivity contribution < 1.29 is 13.6 Å². The number of hydrogen-bond acceptors (Lipinski definition) is 3. The summed E-state index contributed by atoms with van der Waals surface area (Å²) < 4.78 is 21.7. The number of carbonyl (C=O) groups excluding carboxylic acids is 1. The Hall–Kier alpha value is -3.67. The zero-order valence-electron chi connectivity index (χ0n) is 19.2. The molecule has 1 fully saturated rings. The van der Waals surface area contributed by atoms with Crippen molar-refractivity contribution in [3.05, 3.63) is 90.2 Å². The number of benzene rings is 2.